The van der Waals surface area contributed by atoms with Crippen molar-refractivity contribution in [1.29, 1.82) is 0 Å². The van der Waals surface area contributed by atoms with Crippen molar-refractivity contribution in [3.63, 3.8) is 0 Å². The van der Waals surface area contributed by atoms with Crippen LogP contribution in [0.1, 0.15) is 5.82 Å². The highest BCUT2D eigenvalue weighted by Crippen LogP contribution is 2.26. The van der Waals surface area contributed by atoms with Gasteiger partial charge in [0.1, 0.15) is 5.52 Å². The third-order valence-corrected chi connectivity index (χ3v) is 2.68. The van der Waals surface area contributed by atoms with Crippen LogP contribution in [0, 0.1) is 10.1 Å². The minimum absolute atomic E-state index is 0.0704. The summed E-state index contributed by atoms with van der Waals surface area (Å²) in [5.74, 6) is 0.477. The molecule has 90 valence electrons. The van der Waals surface area contributed by atoms with E-state index in [0.29, 0.717) is 17.9 Å². The first-order valence-corrected chi connectivity index (χ1v) is 5.23. The Hall–Kier alpha value is -2.70. The number of hydrogen-bond acceptors (Lipinski definition) is 5. The highest BCUT2D eigenvalue weighted by molar-refractivity contribution is 5.88. The summed E-state index contributed by atoms with van der Waals surface area (Å²) in [6.45, 7) is 0.338. The minimum atomic E-state index is -0.394. The second kappa shape index (κ2) is 3.95. The molecule has 0 spiro atoms. The summed E-state index contributed by atoms with van der Waals surface area (Å²) in [4.78, 5) is 14.5. The highest BCUT2D eigenvalue weighted by atomic mass is 16.6. The molecule has 2 heterocycles. The molecule has 0 fully saturated rings. The summed E-state index contributed by atoms with van der Waals surface area (Å²) < 4.78 is 6.38. The van der Waals surface area contributed by atoms with Gasteiger partial charge < -0.3 is 9.09 Å². The smallest absolute Gasteiger partial charge is 0.293 e. The van der Waals surface area contributed by atoms with Gasteiger partial charge in [-0.15, -0.1) is 0 Å². The van der Waals surface area contributed by atoms with Crippen LogP contribution >= 0.6 is 0 Å². The molecule has 0 aliphatic rings. The second-order valence-electron chi connectivity index (χ2n) is 3.76. The lowest BCUT2D eigenvalue weighted by atomic mass is 10.2. The maximum atomic E-state index is 11.0. The van der Waals surface area contributed by atoms with Gasteiger partial charge in [0, 0.05) is 17.6 Å². The van der Waals surface area contributed by atoms with Crippen LogP contribution in [-0.2, 0) is 6.54 Å². The quantitative estimate of drug-likeness (QED) is 0.519. The van der Waals surface area contributed by atoms with Gasteiger partial charge in [0.05, 0.1) is 11.5 Å². The molecule has 3 aromatic rings. The number of nitro benzene ring substituents is 1. The zero-order chi connectivity index (χ0) is 12.5. The third-order valence-electron chi connectivity index (χ3n) is 2.68. The van der Waals surface area contributed by atoms with Gasteiger partial charge in [-0.3, -0.25) is 10.1 Å². The van der Waals surface area contributed by atoms with E-state index >= 15 is 0 Å². The largest absolute Gasteiger partial charge is 0.343 e. The molecule has 0 radical (unpaired) electrons. The predicted molar refractivity (Wildman–Crippen MR) is 62.0 cm³/mol. The van der Waals surface area contributed by atoms with E-state index in [1.807, 2.05) is 12.1 Å². The summed E-state index contributed by atoms with van der Waals surface area (Å²) in [5, 5.41) is 15.5. The predicted octanol–water partition coefficient (Wildman–Crippen LogP) is 1.98. The molecule has 3 rings (SSSR count). The fourth-order valence-electron chi connectivity index (χ4n) is 1.93. The first kappa shape index (κ1) is 10.5. The Morgan fingerprint density at radius 1 is 1.39 bits per heavy atom. The molecule has 0 atom stereocenters. The zero-order valence-corrected chi connectivity index (χ0v) is 9.18. The monoisotopic (exact) mass is 244 g/mol. The molecule has 0 N–H and O–H groups in total. The molecule has 0 aliphatic carbocycles. The maximum Gasteiger partial charge on any atom is 0.293 e. The van der Waals surface area contributed by atoms with E-state index in [1.165, 1.54) is 12.5 Å². The number of nitrogens with zero attached hydrogens (tertiary/aromatic N) is 4. The Morgan fingerprint density at radius 2 is 2.28 bits per heavy atom. The van der Waals surface area contributed by atoms with E-state index in [4.69, 9.17) is 0 Å². The Balaban J connectivity index is 2.15. The van der Waals surface area contributed by atoms with Crippen molar-refractivity contribution in [1.82, 2.24) is 14.7 Å². The number of rotatable bonds is 3. The third kappa shape index (κ3) is 1.61. The molecule has 0 saturated carbocycles. The first-order chi connectivity index (χ1) is 8.75. The van der Waals surface area contributed by atoms with Gasteiger partial charge in [0.15, 0.2) is 5.82 Å². The van der Waals surface area contributed by atoms with Crippen LogP contribution in [0.4, 0.5) is 5.69 Å². The normalized spacial score (nSPS) is 10.9. The lowest BCUT2D eigenvalue weighted by molar-refractivity contribution is -0.383. The summed E-state index contributed by atoms with van der Waals surface area (Å²) in [5.41, 5.74) is 0.633. The number of non-ortho nitro benzene ring substituents is 1. The molecule has 0 amide bonds. The Kier molecular flexibility index (Phi) is 2.30. The van der Waals surface area contributed by atoms with Gasteiger partial charge in [-0.05, 0) is 6.07 Å². The van der Waals surface area contributed by atoms with Crippen LogP contribution in [0.25, 0.3) is 10.9 Å². The highest BCUT2D eigenvalue weighted by Gasteiger charge is 2.16. The lowest BCUT2D eigenvalue weighted by Crippen LogP contribution is -2.01. The fourth-order valence-corrected chi connectivity index (χ4v) is 1.93. The van der Waals surface area contributed by atoms with Crippen molar-refractivity contribution in [2.45, 2.75) is 6.54 Å². The van der Waals surface area contributed by atoms with Gasteiger partial charge in [0.2, 0.25) is 6.39 Å². The van der Waals surface area contributed by atoms with E-state index in [0.717, 1.165) is 5.39 Å². The molecule has 0 bridgehead atoms. The van der Waals surface area contributed by atoms with Gasteiger partial charge in [-0.1, -0.05) is 17.3 Å². The van der Waals surface area contributed by atoms with Crippen LogP contribution in [0.15, 0.2) is 41.4 Å². The first-order valence-electron chi connectivity index (χ1n) is 5.23. The second-order valence-corrected chi connectivity index (χ2v) is 3.76. The van der Waals surface area contributed by atoms with Crippen LogP contribution in [0.2, 0.25) is 0 Å². The van der Waals surface area contributed by atoms with Crippen LogP contribution in [0.5, 0.6) is 0 Å². The molecule has 0 unspecified atom stereocenters. The zero-order valence-electron chi connectivity index (χ0n) is 9.18. The molecular weight excluding hydrogens is 236 g/mol. The number of nitro groups is 1. The fraction of sp³-hybridized carbons (Fsp3) is 0.0909. The summed E-state index contributed by atoms with van der Waals surface area (Å²) >= 11 is 0. The van der Waals surface area contributed by atoms with Crippen molar-refractivity contribution in [2.75, 3.05) is 0 Å². The standard InChI is InChI=1S/C11H8N4O3/c16-15(17)9-3-1-2-8-4-5-14(11(8)9)6-10-12-7-18-13-10/h1-5,7H,6H2. The van der Waals surface area contributed by atoms with Gasteiger partial charge in [-0.2, -0.15) is 4.98 Å². The topological polar surface area (TPSA) is 87.0 Å². The van der Waals surface area contributed by atoms with Gasteiger partial charge in [-0.25, -0.2) is 0 Å². The number of hydrogen-bond donors (Lipinski definition) is 0. The number of fused-ring (bicyclic) bond motifs is 1. The van der Waals surface area contributed by atoms with Crippen molar-refractivity contribution in [3.8, 4) is 0 Å². The van der Waals surface area contributed by atoms with Crippen LogP contribution < -0.4 is 0 Å². The van der Waals surface area contributed by atoms with Crippen LogP contribution in [0.3, 0.4) is 0 Å². The van der Waals surface area contributed by atoms with E-state index in [2.05, 4.69) is 14.7 Å². The Labute approximate surface area is 101 Å². The van der Waals surface area contributed by atoms with Crippen molar-refractivity contribution < 1.29 is 9.45 Å². The van der Waals surface area contributed by atoms with Gasteiger partial charge in [0.25, 0.3) is 5.69 Å². The molecule has 18 heavy (non-hydrogen) atoms. The molecule has 7 heteroatoms. The summed E-state index contributed by atoms with van der Waals surface area (Å²) in [6, 6.07) is 6.80. The Morgan fingerprint density at radius 3 is 3.00 bits per heavy atom. The Bertz CT molecular complexity index is 702. The molecule has 0 aliphatic heterocycles. The average Bonchev–Trinajstić information content (AvgIpc) is 2.99. The average molecular weight is 244 g/mol. The van der Waals surface area contributed by atoms with E-state index < -0.39 is 4.92 Å². The van der Waals surface area contributed by atoms with Crippen LogP contribution in [-0.4, -0.2) is 19.6 Å². The number of aromatic nitrogens is 3. The summed E-state index contributed by atoms with van der Waals surface area (Å²) in [6.07, 6.45) is 3.00. The number of para-hydroxylation sites is 1. The number of benzene rings is 1. The van der Waals surface area contributed by atoms with E-state index in [-0.39, 0.29) is 5.69 Å². The van der Waals surface area contributed by atoms with E-state index in [1.54, 1.807) is 16.8 Å². The molecule has 2 aromatic heterocycles. The molecular formula is C11H8N4O3. The maximum absolute atomic E-state index is 11.0. The summed E-state index contributed by atoms with van der Waals surface area (Å²) in [7, 11) is 0. The van der Waals surface area contributed by atoms with Gasteiger partial charge >= 0.3 is 0 Å². The molecule has 1 aromatic carbocycles. The van der Waals surface area contributed by atoms with Crippen molar-refractivity contribution >= 4 is 16.6 Å². The molecule has 7 nitrogen and oxygen atoms in total. The minimum Gasteiger partial charge on any atom is -0.343 e. The molecule has 0 saturated heterocycles. The van der Waals surface area contributed by atoms with E-state index in [9.17, 15) is 10.1 Å². The van der Waals surface area contributed by atoms with Crippen molar-refractivity contribution in [3.05, 3.63) is 52.8 Å². The SMILES string of the molecule is O=[N+]([O-])c1cccc2ccn(Cc3ncon3)c12. The van der Waals surface area contributed by atoms with Crippen molar-refractivity contribution in [2.24, 2.45) is 0 Å². The lowest BCUT2D eigenvalue weighted by Gasteiger charge is -2.02.